The third kappa shape index (κ3) is 4.06. The van der Waals surface area contributed by atoms with Gasteiger partial charge in [-0.25, -0.2) is 0 Å². The molecule has 3 rings (SSSR count). The van der Waals surface area contributed by atoms with Gasteiger partial charge in [0, 0.05) is 24.9 Å². The first-order chi connectivity index (χ1) is 12.6. The molecular formula is C21H21NO4. The van der Waals surface area contributed by atoms with E-state index in [1.165, 1.54) is 0 Å². The molecular weight excluding hydrogens is 330 g/mol. The van der Waals surface area contributed by atoms with E-state index in [0.717, 1.165) is 6.42 Å². The number of aromatic nitrogens is 1. The zero-order valence-electron chi connectivity index (χ0n) is 14.8. The Morgan fingerprint density at radius 2 is 1.81 bits per heavy atom. The van der Waals surface area contributed by atoms with Crippen LogP contribution in [-0.2, 0) is 7.05 Å². The molecule has 0 aliphatic rings. The van der Waals surface area contributed by atoms with Crippen LogP contribution in [0.1, 0.15) is 13.3 Å². The molecule has 0 saturated heterocycles. The predicted molar refractivity (Wildman–Crippen MR) is 101 cm³/mol. The molecule has 2 aromatic carbocycles. The highest BCUT2D eigenvalue weighted by Crippen LogP contribution is 2.26. The van der Waals surface area contributed by atoms with Crippen LogP contribution in [0.3, 0.4) is 0 Å². The minimum atomic E-state index is -0.242. The molecule has 0 bridgehead atoms. The van der Waals surface area contributed by atoms with Crippen LogP contribution in [0.25, 0.3) is 11.1 Å². The van der Waals surface area contributed by atoms with Gasteiger partial charge in [-0.1, -0.05) is 25.1 Å². The van der Waals surface area contributed by atoms with E-state index in [4.69, 9.17) is 9.47 Å². The number of nitrogens with zero attached hydrogens (tertiary/aromatic N) is 1. The molecule has 0 spiro atoms. The second kappa shape index (κ2) is 7.78. The lowest BCUT2D eigenvalue weighted by molar-refractivity contribution is 0.316. The van der Waals surface area contributed by atoms with Crippen LogP contribution in [0.5, 0.6) is 23.0 Å². The van der Waals surface area contributed by atoms with E-state index in [9.17, 15) is 9.90 Å². The summed E-state index contributed by atoms with van der Waals surface area (Å²) in [6.45, 7) is 2.66. The second-order valence-corrected chi connectivity index (χ2v) is 6.01. The third-order valence-electron chi connectivity index (χ3n) is 3.79. The summed E-state index contributed by atoms with van der Waals surface area (Å²) in [6.07, 6.45) is 4.26. The smallest absolute Gasteiger partial charge is 0.231 e. The topological polar surface area (TPSA) is 60.7 Å². The summed E-state index contributed by atoms with van der Waals surface area (Å²) in [7, 11) is 1.82. The van der Waals surface area contributed by atoms with E-state index in [1.54, 1.807) is 53.4 Å². The summed E-state index contributed by atoms with van der Waals surface area (Å²) < 4.78 is 13.2. The van der Waals surface area contributed by atoms with Crippen LogP contribution in [0.15, 0.2) is 65.7 Å². The van der Waals surface area contributed by atoms with Crippen molar-refractivity contribution >= 4 is 0 Å². The standard InChI is InChI=1S/C21H21NO4/c1-3-10-25-17-8-5-9-18(12-17)26-20-14-22(2)13-19(21(20)24)15-6-4-7-16(23)11-15/h4-9,11-14,23H,3,10H2,1-2H3. The van der Waals surface area contributed by atoms with Crippen LogP contribution in [-0.4, -0.2) is 16.3 Å². The molecule has 1 aromatic heterocycles. The quantitative estimate of drug-likeness (QED) is 0.718. The molecule has 134 valence electrons. The number of hydrogen-bond donors (Lipinski definition) is 1. The molecule has 0 amide bonds. The Labute approximate surface area is 152 Å². The molecule has 0 aliphatic carbocycles. The molecule has 1 heterocycles. The maximum absolute atomic E-state index is 12.8. The molecule has 26 heavy (non-hydrogen) atoms. The van der Waals surface area contributed by atoms with Crippen molar-refractivity contribution in [3.63, 3.8) is 0 Å². The molecule has 3 aromatic rings. The normalized spacial score (nSPS) is 10.5. The zero-order valence-corrected chi connectivity index (χ0v) is 14.8. The summed E-state index contributed by atoms with van der Waals surface area (Å²) in [4.78, 5) is 12.8. The van der Waals surface area contributed by atoms with Gasteiger partial charge in [0.1, 0.15) is 17.2 Å². The van der Waals surface area contributed by atoms with Gasteiger partial charge in [0.05, 0.1) is 12.8 Å². The van der Waals surface area contributed by atoms with E-state index in [0.29, 0.717) is 29.2 Å². The summed E-state index contributed by atoms with van der Waals surface area (Å²) in [5.41, 5.74) is 0.851. The van der Waals surface area contributed by atoms with E-state index >= 15 is 0 Å². The van der Waals surface area contributed by atoms with E-state index < -0.39 is 0 Å². The number of aromatic hydroxyl groups is 1. The highest BCUT2D eigenvalue weighted by molar-refractivity contribution is 5.65. The summed E-state index contributed by atoms with van der Waals surface area (Å²) in [5, 5.41) is 9.69. The zero-order chi connectivity index (χ0) is 18.5. The minimum Gasteiger partial charge on any atom is -0.508 e. The van der Waals surface area contributed by atoms with Crippen molar-refractivity contribution in [1.82, 2.24) is 4.57 Å². The average Bonchev–Trinajstić information content (AvgIpc) is 2.63. The number of rotatable bonds is 6. The van der Waals surface area contributed by atoms with Crippen LogP contribution < -0.4 is 14.9 Å². The Kier molecular flexibility index (Phi) is 5.27. The van der Waals surface area contributed by atoms with Gasteiger partial charge in [-0.2, -0.15) is 0 Å². The Balaban J connectivity index is 1.95. The van der Waals surface area contributed by atoms with Crippen LogP contribution in [0, 0.1) is 0 Å². The molecule has 0 fully saturated rings. The number of benzene rings is 2. The second-order valence-electron chi connectivity index (χ2n) is 6.01. The van der Waals surface area contributed by atoms with Gasteiger partial charge in [0.25, 0.3) is 0 Å². The van der Waals surface area contributed by atoms with Gasteiger partial charge in [0.15, 0.2) is 5.75 Å². The van der Waals surface area contributed by atoms with Crippen LogP contribution in [0.2, 0.25) is 0 Å². The molecule has 0 unspecified atom stereocenters. The van der Waals surface area contributed by atoms with E-state index in [1.807, 2.05) is 26.1 Å². The van der Waals surface area contributed by atoms with Crippen molar-refractivity contribution in [2.24, 2.45) is 7.05 Å². The van der Waals surface area contributed by atoms with Crippen molar-refractivity contribution in [3.05, 3.63) is 71.1 Å². The highest BCUT2D eigenvalue weighted by Gasteiger charge is 2.12. The van der Waals surface area contributed by atoms with E-state index in [2.05, 4.69) is 0 Å². The molecule has 0 aliphatic heterocycles. The van der Waals surface area contributed by atoms with Gasteiger partial charge in [-0.3, -0.25) is 4.79 Å². The van der Waals surface area contributed by atoms with Crippen molar-refractivity contribution in [2.45, 2.75) is 13.3 Å². The minimum absolute atomic E-state index is 0.108. The van der Waals surface area contributed by atoms with Crippen molar-refractivity contribution in [2.75, 3.05) is 6.61 Å². The largest absolute Gasteiger partial charge is 0.508 e. The maximum atomic E-state index is 12.8. The number of pyridine rings is 1. The summed E-state index contributed by atoms with van der Waals surface area (Å²) in [6, 6.07) is 13.8. The van der Waals surface area contributed by atoms with Crippen molar-refractivity contribution in [3.8, 4) is 34.1 Å². The lowest BCUT2D eigenvalue weighted by atomic mass is 10.1. The fourth-order valence-corrected chi connectivity index (χ4v) is 2.60. The maximum Gasteiger partial charge on any atom is 0.231 e. The highest BCUT2D eigenvalue weighted by atomic mass is 16.5. The lowest BCUT2D eigenvalue weighted by Gasteiger charge is -2.11. The summed E-state index contributed by atoms with van der Waals surface area (Å²) in [5.74, 6) is 1.55. The van der Waals surface area contributed by atoms with Gasteiger partial charge in [-0.05, 0) is 36.2 Å². The van der Waals surface area contributed by atoms with Crippen LogP contribution in [0.4, 0.5) is 0 Å². The lowest BCUT2D eigenvalue weighted by Crippen LogP contribution is -2.11. The molecule has 5 heteroatoms. The molecule has 0 radical (unpaired) electrons. The monoisotopic (exact) mass is 351 g/mol. The Morgan fingerprint density at radius 1 is 1.04 bits per heavy atom. The molecule has 0 saturated carbocycles. The Morgan fingerprint density at radius 3 is 2.58 bits per heavy atom. The fourth-order valence-electron chi connectivity index (χ4n) is 2.60. The van der Waals surface area contributed by atoms with Gasteiger partial charge < -0.3 is 19.1 Å². The molecule has 0 atom stereocenters. The van der Waals surface area contributed by atoms with Crippen molar-refractivity contribution < 1.29 is 14.6 Å². The number of phenolic OH excluding ortho intramolecular Hbond substituents is 1. The van der Waals surface area contributed by atoms with Gasteiger partial charge >= 0.3 is 0 Å². The van der Waals surface area contributed by atoms with Crippen LogP contribution >= 0.6 is 0 Å². The SMILES string of the molecule is CCCOc1cccc(Oc2cn(C)cc(-c3cccc(O)c3)c2=O)c1. The fraction of sp³-hybridized carbons (Fsp3) is 0.190. The predicted octanol–water partition coefficient (Wildman–Crippen LogP) is 4.34. The van der Waals surface area contributed by atoms with Gasteiger partial charge in [-0.15, -0.1) is 0 Å². The summed E-state index contributed by atoms with van der Waals surface area (Å²) >= 11 is 0. The first kappa shape index (κ1) is 17.6. The Hall–Kier alpha value is -3.21. The number of phenols is 1. The van der Waals surface area contributed by atoms with E-state index in [-0.39, 0.29) is 16.9 Å². The number of aryl methyl sites for hydroxylation is 1. The third-order valence-corrected chi connectivity index (χ3v) is 3.79. The van der Waals surface area contributed by atoms with Gasteiger partial charge in [0.2, 0.25) is 5.43 Å². The average molecular weight is 351 g/mol. The first-order valence-corrected chi connectivity index (χ1v) is 8.47. The molecule has 1 N–H and O–H groups in total. The van der Waals surface area contributed by atoms with Crippen molar-refractivity contribution in [1.29, 1.82) is 0 Å². The number of ether oxygens (including phenoxy) is 2. The first-order valence-electron chi connectivity index (χ1n) is 8.47. The number of hydrogen-bond acceptors (Lipinski definition) is 4. The Bertz CT molecular complexity index is 962. The molecule has 5 nitrogen and oxygen atoms in total.